The lowest BCUT2D eigenvalue weighted by atomic mass is 9.52. The summed E-state index contributed by atoms with van der Waals surface area (Å²) < 4.78 is 5.76. The molecule has 6 heterocycles. The SMILES string of the molecule is O=C(N[C@@H]1CN2CCC1CC2)c1nsc2cc(CC3CCN4CCC45CCC35)ccc12. The lowest BCUT2D eigenvalue weighted by Gasteiger charge is -2.68. The Morgan fingerprint density at radius 1 is 1.13 bits per heavy atom. The lowest BCUT2D eigenvalue weighted by Crippen LogP contribution is -2.73. The van der Waals surface area contributed by atoms with E-state index in [4.69, 9.17) is 0 Å². The molecule has 1 spiro atoms. The van der Waals surface area contributed by atoms with Gasteiger partial charge in [-0.25, -0.2) is 0 Å². The summed E-state index contributed by atoms with van der Waals surface area (Å²) >= 11 is 1.49. The van der Waals surface area contributed by atoms with Gasteiger partial charge in [-0.1, -0.05) is 12.1 Å². The summed E-state index contributed by atoms with van der Waals surface area (Å²) in [6.07, 6.45) is 9.25. The standard InChI is InChI=1S/C25H32N4OS/c30-24(26-21-15-28-9-4-17(21)5-10-28)23-19-2-1-16(14-22(19)31-27-23)13-18-6-11-29-12-8-25(29)7-3-20(18)25/h1-2,14,17-18,20-21H,3-13,15H2,(H,26,30)/t18?,20?,21-,25?/m1/s1. The second kappa shape index (κ2) is 7.00. The molecule has 1 saturated carbocycles. The summed E-state index contributed by atoms with van der Waals surface area (Å²) in [5, 5.41) is 4.35. The van der Waals surface area contributed by atoms with E-state index in [1.807, 2.05) is 0 Å². The monoisotopic (exact) mass is 436 g/mol. The average molecular weight is 437 g/mol. The Bertz CT molecular complexity index is 1020. The van der Waals surface area contributed by atoms with Crippen molar-refractivity contribution in [1.82, 2.24) is 19.5 Å². The second-order valence-corrected chi connectivity index (χ2v) is 11.6. The van der Waals surface area contributed by atoms with Gasteiger partial charge < -0.3 is 10.2 Å². The minimum atomic E-state index is 0.0199. The Labute approximate surface area is 188 Å². The molecule has 5 aliphatic heterocycles. The summed E-state index contributed by atoms with van der Waals surface area (Å²) in [5.74, 6) is 2.40. The molecule has 2 bridgehead atoms. The van der Waals surface area contributed by atoms with Crippen molar-refractivity contribution in [2.24, 2.45) is 17.8 Å². The third-order valence-corrected chi connectivity index (χ3v) is 10.4. The van der Waals surface area contributed by atoms with Gasteiger partial charge in [0, 0.05) is 30.1 Å². The van der Waals surface area contributed by atoms with E-state index in [0.717, 1.165) is 23.8 Å². The molecule has 2 aromatic rings. The molecule has 6 aliphatic rings. The fourth-order valence-electron chi connectivity index (χ4n) is 7.62. The molecule has 3 unspecified atom stereocenters. The van der Waals surface area contributed by atoms with E-state index in [9.17, 15) is 4.79 Å². The largest absolute Gasteiger partial charge is 0.346 e. The van der Waals surface area contributed by atoms with Crippen molar-refractivity contribution in [3.05, 3.63) is 29.5 Å². The first kappa shape index (κ1) is 19.0. The average Bonchev–Trinajstić information content (AvgIpc) is 3.16. The highest BCUT2D eigenvalue weighted by molar-refractivity contribution is 7.13. The minimum absolute atomic E-state index is 0.0199. The van der Waals surface area contributed by atoms with E-state index in [1.165, 1.54) is 92.9 Å². The third-order valence-electron chi connectivity index (χ3n) is 9.58. The quantitative estimate of drug-likeness (QED) is 0.797. The Balaban J connectivity index is 1.07. The molecule has 8 rings (SSSR count). The molecule has 1 aliphatic carbocycles. The number of amides is 1. The number of hydrogen-bond acceptors (Lipinski definition) is 5. The number of benzene rings is 1. The van der Waals surface area contributed by atoms with Crippen LogP contribution in [0, 0.1) is 17.8 Å². The first-order valence-corrected chi connectivity index (χ1v) is 13.1. The fraction of sp³-hybridized carbons (Fsp3) is 0.680. The van der Waals surface area contributed by atoms with Gasteiger partial charge in [-0.15, -0.1) is 0 Å². The van der Waals surface area contributed by atoms with Gasteiger partial charge in [-0.2, -0.15) is 4.37 Å². The molecule has 1 aromatic heterocycles. The van der Waals surface area contributed by atoms with Crippen LogP contribution in [-0.2, 0) is 6.42 Å². The summed E-state index contributed by atoms with van der Waals surface area (Å²) in [5.41, 5.74) is 2.65. The Hall–Kier alpha value is -1.50. The Kier molecular flexibility index (Phi) is 4.29. The Morgan fingerprint density at radius 3 is 2.74 bits per heavy atom. The van der Waals surface area contributed by atoms with Crippen LogP contribution in [0.3, 0.4) is 0 Å². The molecular weight excluding hydrogens is 404 g/mol. The zero-order valence-corrected chi connectivity index (χ0v) is 19.0. The van der Waals surface area contributed by atoms with Gasteiger partial charge in [0.05, 0.1) is 4.70 Å². The number of rotatable bonds is 4. The topological polar surface area (TPSA) is 48.5 Å². The highest BCUT2D eigenvalue weighted by Gasteiger charge is 2.60. The van der Waals surface area contributed by atoms with Crippen molar-refractivity contribution in [3.63, 3.8) is 0 Å². The van der Waals surface area contributed by atoms with Crippen LogP contribution >= 0.6 is 11.5 Å². The molecule has 5 nitrogen and oxygen atoms in total. The molecule has 5 saturated heterocycles. The van der Waals surface area contributed by atoms with Gasteiger partial charge in [0.25, 0.3) is 5.91 Å². The molecule has 1 N–H and O–H groups in total. The zero-order valence-electron chi connectivity index (χ0n) is 18.2. The normalized spacial score (nSPS) is 38.8. The van der Waals surface area contributed by atoms with E-state index >= 15 is 0 Å². The minimum Gasteiger partial charge on any atom is -0.346 e. The van der Waals surface area contributed by atoms with Crippen molar-refractivity contribution >= 4 is 27.5 Å². The molecule has 6 heteroatoms. The lowest BCUT2D eigenvalue weighted by molar-refractivity contribution is -0.172. The summed E-state index contributed by atoms with van der Waals surface area (Å²) in [6.45, 7) is 6.03. The molecule has 6 fully saturated rings. The number of aromatic nitrogens is 1. The number of nitrogens with one attached hydrogen (secondary N) is 1. The number of piperidine rings is 4. The van der Waals surface area contributed by atoms with Crippen molar-refractivity contribution in [2.45, 2.75) is 56.5 Å². The van der Waals surface area contributed by atoms with Gasteiger partial charge >= 0.3 is 0 Å². The van der Waals surface area contributed by atoms with Crippen molar-refractivity contribution < 1.29 is 4.79 Å². The van der Waals surface area contributed by atoms with Crippen molar-refractivity contribution in [3.8, 4) is 0 Å². The van der Waals surface area contributed by atoms with Crippen LogP contribution < -0.4 is 5.32 Å². The number of carbonyl (C=O) groups is 1. The van der Waals surface area contributed by atoms with Gasteiger partial charge in [0.1, 0.15) is 5.69 Å². The van der Waals surface area contributed by atoms with Crippen LogP contribution in [0.4, 0.5) is 0 Å². The summed E-state index contributed by atoms with van der Waals surface area (Å²) in [4.78, 5) is 18.3. The van der Waals surface area contributed by atoms with E-state index in [-0.39, 0.29) is 11.9 Å². The molecular formula is C25H32N4OS. The predicted molar refractivity (Wildman–Crippen MR) is 123 cm³/mol. The maximum atomic E-state index is 13.0. The van der Waals surface area contributed by atoms with Crippen LogP contribution in [-0.4, -0.2) is 64.4 Å². The number of carbonyl (C=O) groups excluding carboxylic acids is 1. The number of hydrogen-bond donors (Lipinski definition) is 1. The van der Waals surface area contributed by atoms with Crippen molar-refractivity contribution in [2.75, 3.05) is 32.7 Å². The molecule has 4 atom stereocenters. The van der Waals surface area contributed by atoms with Gasteiger partial charge in [-0.05, 0) is 105 Å². The van der Waals surface area contributed by atoms with Crippen LogP contribution in [0.15, 0.2) is 18.2 Å². The summed E-state index contributed by atoms with van der Waals surface area (Å²) in [6, 6.07) is 7.03. The van der Waals surface area contributed by atoms with Crippen molar-refractivity contribution in [1.29, 1.82) is 0 Å². The predicted octanol–water partition coefficient (Wildman–Crippen LogP) is 3.54. The van der Waals surface area contributed by atoms with E-state index in [2.05, 4.69) is 37.7 Å². The first-order chi connectivity index (χ1) is 15.2. The second-order valence-electron chi connectivity index (χ2n) is 10.8. The van der Waals surface area contributed by atoms with Crippen LogP contribution in [0.2, 0.25) is 0 Å². The van der Waals surface area contributed by atoms with Crippen LogP contribution in [0.1, 0.15) is 54.6 Å². The summed E-state index contributed by atoms with van der Waals surface area (Å²) in [7, 11) is 0. The van der Waals surface area contributed by atoms with E-state index in [1.54, 1.807) is 0 Å². The molecule has 31 heavy (non-hydrogen) atoms. The highest BCUT2D eigenvalue weighted by Crippen LogP contribution is 2.58. The zero-order chi connectivity index (χ0) is 20.6. The van der Waals surface area contributed by atoms with Gasteiger partial charge in [0.15, 0.2) is 0 Å². The van der Waals surface area contributed by atoms with E-state index in [0.29, 0.717) is 17.2 Å². The molecule has 164 valence electrons. The van der Waals surface area contributed by atoms with Crippen LogP contribution in [0.5, 0.6) is 0 Å². The molecule has 0 radical (unpaired) electrons. The highest BCUT2D eigenvalue weighted by atomic mass is 32.1. The Morgan fingerprint density at radius 2 is 2.03 bits per heavy atom. The van der Waals surface area contributed by atoms with E-state index < -0.39 is 0 Å². The van der Waals surface area contributed by atoms with Crippen LogP contribution in [0.25, 0.3) is 10.1 Å². The third kappa shape index (κ3) is 2.87. The maximum absolute atomic E-state index is 13.0. The maximum Gasteiger partial charge on any atom is 0.271 e. The first-order valence-electron chi connectivity index (χ1n) is 12.4. The molecule has 1 amide bonds. The number of nitrogens with zero attached hydrogens (tertiary/aromatic N) is 3. The fourth-order valence-corrected chi connectivity index (χ4v) is 8.46. The van der Waals surface area contributed by atoms with Gasteiger partial charge in [-0.3, -0.25) is 9.69 Å². The van der Waals surface area contributed by atoms with Gasteiger partial charge in [0.2, 0.25) is 0 Å². The smallest absolute Gasteiger partial charge is 0.271 e. The molecule has 1 aromatic carbocycles. The number of fused-ring (bicyclic) bond motifs is 4.